The van der Waals surface area contributed by atoms with Crippen molar-refractivity contribution in [2.45, 2.75) is 38.5 Å². The van der Waals surface area contributed by atoms with Gasteiger partial charge < -0.3 is 5.32 Å². The Labute approximate surface area is 69.6 Å². The summed E-state index contributed by atoms with van der Waals surface area (Å²) in [6.07, 6.45) is 9.12. The highest BCUT2D eigenvalue weighted by Gasteiger charge is 2.28. The van der Waals surface area contributed by atoms with Crippen molar-refractivity contribution in [1.82, 2.24) is 0 Å². The van der Waals surface area contributed by atoms with E-state index >= 15 is 0 Å². The van der Waals surface area contributed by atoms with Crippen molar-refractivity contribution in [2.24, 2.45) is 11.8 Å². The van der Waals surface area contributed by atoms with Crippen LogP contribution in [0.4, 0.5) is 0 Å². The summed E-state index contributed by atoms with van der Waals surface area (Å²) in [5, 5.41) is 2.50. The molecule has 0 aromatic rings. The lowest BCUT2D eigenvalue weighted by atomic mass is 9.80. The van der Waals surface area contributed by atoms with Gasteiger partial charge in [-0.3, -0.25) is 0 Å². The molecule has 1 heterocycles. The van der Waals surface area contributed by atoms with Gasteiger partial charge in [-0.15, -0.1) is 0 Å². The van der Waals surface area contributed by atoms with Crippen LogP contribution in [0.25, 0.3) is 0 Å². The molecule has 11 heavy (non-hydrogen) atoms. The molecule has 1 atom stereocenters. The molecule has 1 heteroatoms. The molecule has 0 aromatic carbocycles. The fourth-order valence-corrected chi connectivity index (χ4v) is 2.82. The van der Waals surface area contributed by atoms with Gasteiger partial charge in [0.2, 0.25) is 0 Å². The zero-order valence-corrected chi connectivity index (χ0v) is 7.39. The largest absolute Gasteiger partial charge is 0.346 e. The monoisotopic (exact) mass is 154 g/mol. The topological polar surface area (TPSA) is 16.6 Å². The van der Waals surface area contributed by atoms with Gasteiger partial charge in [-0.25, -0.2) is 0 Å². The summed E-state index contributed by atoms with van der Waals surface area (Å²) >= 11 is 0. The summed E-state index contributed by atoms with van der Waals surface area (Å²) in [6, 6.07) is 0. The molecule has 1 unspecified atom stereocenters. The summed E-state index contributed by atoms with van der Waals surface area (Å²) < 4.78 is 0. The molecule has 0 spiro atoms. The normalized spacial score (nSPS) is 34.4. The van der Waals surface area contributed by atoms with Crippen molar-refractivity contribution in [1.29, 1.82) is 0 Å². The minimum atomic E-state index is 1.09. The van der Waals surface area contributed by atoms with E-state index in [1.165, 1.54) is 38.8 Å². The van der Waals surface area contributed by atoms with E-state index in [1.54, 1.807) is 12.8 Å². The van der Waals surface area contributed by atoms with E-state index in [0.717, 1.165) is 11.8 Å². The molecule has 0 aromatic heterocycles. The zero-order valence-electron chi connectivity index (χ0n) is 7.39. The zero-order chi connectivity index (χ0) is 7.52. The average Bonchev–Trinajstić information content (AvgIpc) is 2.58. The number of hydrogen-bond acceptors (Lipinski definition) is 0. The Balaban J connectivity index is 1.82. The molecule has 0 radical (unpaired) electrons. The first-order valence-corrected chi connectivity index (χ1v) is 5.28. The van der Waals surface area contributed by atoms with Gasteiger partial charge in [0, 0.05) is 12.3 Å². The summed E-state index contributed by atoms with van der Waals surface area (Å²) in [5.74, 6) is 2.21. The summed E-state index contributed by atoms with van der Waals surface area (Å²) in [6.45, 7) is 2.84. The predicted molar refractivity (Wildman–Crippen MR) is 46.3 cm³/mol. The molecule has 64 valence electrons. The van der Waals surface area contributed by atoms with Crippen LogP contribution in [-0.4, -0.2) is 13.1 Å². The van der Waals surface area contributed by atoms with E-state index < -0.39 is 0 Å². The number of rotatable bonds is 1. The maximum Gasteiger partial charge on any atom is 0.0788 e. The van der Waals surface area contributed by atoms with Crippen LogP contribution < -0.4 is 5.32 Å². The third-order valence-corrected chi connectivity index (χ3v) is 3.53. The van der Waals surface area contributed by atoms with Gasteiger partial charge in [-0.1, -0.05) is 19.3 Å². The predicted octanol–water partition coefficient (Wildman–Crippen LogP) is 1.15. The van der Waals surface area contributed by atoms with Gasteiger partial charge in [-0.2, -0.15) is 0 Å². The maximum atomic E-state index is 2.50. The van der Waals surface area contributed by atoms with Crippen LogP contribution in [0.3, 0.4) is 0 Å². The lowest BCUT2D eigenvalue weighted by molar-refractivity contribution is -0.638. The smallest absolute Gasteiger partial charge is 0.0788 e. The molecule has 2 rings (SSSR count). The molecule has 1 saturated carbocycles. The number of hydrogen-bond donors (Lipinski definition) is 1. The minimum Gasteiger partial charge on any atom is -0.346 e. The third kappa shape index (κ3) is 1.76. The highest BCUT2D eigenvalue weighted by Crippen LogP contribution is 2.31. The Morgan fingerprint density at radius 3 is 2.27 bits per heavy atom. The minimum absolute atomic E-state index is 1.09. The Morgan fingerprint density at radius 1 is 0.818 bits per heavy atom. The first-order valence-electron chi connectivity index (χ1n) is 5.28. The van der Waals surface area contributed by atoms with Crippen molar-refractivity contribution in [3.63, 3.8) is 0 Å². The molecular weight excluding hydrogens is 134 g/mol. The van der Waals surface area contributed by atoms with E-state index in [1.807, 2.05) is 0 Å². The van der Waals surface area contributed by atoms with Crippen molar-refractivity contribution in [3.05, 3.63) is 0 Å². The first-order chi connectivity index (χ1) is 5.47. The summed E-state index contributed by atoms with van der Waals surface area (Å²) in [5.41, 5.74) is 0. The molecule has 2 aliphatic rings. The molecule has 1 nitrogen and oxygen atoms in total. The van der Waals surface area contributed by atoms with Crippen LogP contribution in [0.5, 0.6) is 0 Å². The van der Waals surface area contributed by atoms with E-state index in [2.05, 4.69) is 5.32 Å². The van der Waals surface area contributed by atoms with Crippen molar-refractivity contribution in [2.75, 3.05) is 13.1 Å². The Morgan fingerprint density at radius 2 is 1.64 bits per heavy atom. The number of nitrogens with two attached hydrogens (primary N) is 1. The average molecular weight is 154 g/mol. The molecule has 1 aliphatic carbocycles. The Kier molecular flexibility index (Phi) is 2.47. The van der Waals surface area contributed by atoms with Gasteiger partial charge in [0.15, 0.2) is 0 Å². The van der Waals surface area contributed by atoms with E-state index in [-0.39, 0.29) is 0 Å². The van der Waals surface area contributed by atoms with Gasteiger partial charge in [0.1, 0.15) is 0 Å². The SMILES string of the molecule is C1CCC(C2CC[NH2+]C2)CC1. The van der Waals surface area contributed by atoms with Crippen LogP contribution in [0, 0.1) is 11.8 Å². The van der Waals surface area contributed by atoms with Gasteiger partial charge >= 0.3 is 0 Å². The highest BCUT2D eigenvalue weighted by atomic mass is 14.9. The van der Waals surface area contributed by atoms with Crippen molar-refractivity contribution >= 4 is 0 Å². The van der Waals surface area contributed by atoms with E-state index in [0.29, 0.717) is 0 Å². The highest BCUT2D eigenvalue weighted by molar-refractivity contribution is 4.74. The molecular formula is C10H20N+. The molecule has 2 fully saturated rings. The van der Waals surface area contributed by atoms with Crippen molar-refractivity contribution in [3.8, 4) is 0 Å². The second-order valence-corrected chi connectivity index (χ2v) is 4.26. The summed E-state index contributed by atoms with van der Waals surface area (Å²) in [7, 11) is 0. The van der Waals surface area contributed by atoms with E-state index in [9.17, 15) is 0 Å². The van der Waals surface area contributed by atoms with Gasteiger partial charge in [0.25, 0.3) is 0 Å². The first kappa shape index (κ1) is 7.60. The van der Waals surface area contributed by atoms with Crippen LogP contribution in [0.15, 0.2) is 0 Å². The lowest BCUT2D eigenvalue weighted by Crippen LogP contribution is -2.81. The molecule has 0 amide bonds. The van der Waals surface area contributed by atoms with Crippen LogP contribution in [0.1, 0.15) is 38.5 Å². The van der Waals surface area contributed by atoms with Crippen molar-refractivity contribution < 1.29 is 5.32 Å². The second-order valence-electron chi connectivity index (χ2n) is 4.26. The standard InChI is InChI=1S/C10H19N/c1-2-4-9(5-3-1)10-6-7-11-8-10/h9-11H,1-8H2/p+1. The molecule has 1 saturated heterocycles. The molecule has 2 N–H and O–H groups in total. The lowest BCUT2D eigenvalue weighted by Gasteiger charge is -2.25. The molecule has 1 aliphatic heterocycles. The molecule has 0 bridgehead atoms. The quantitative estimate of drug-likeness (QED) is 0.583. The van der Waals surface area contributed by atoms with Crippen LogP contribution >= 0.6 is 0 Å². The van der Waals surface area contributed by atoms with Gasteiger partial charge in [0.05, 0.1) is 13.1 Å². The van der Waals surface area contributed by atoms with Gasteiger partial charge in [-0.05, 0) is 18.8 Å². The fraction of sp³-hybridized carbons (Fsp3) is 1.00. The second kappa shape index (κ2) is 3.57. The number of quaternary nitrogens is 1. The van der Waals surface area contributed by atoms with E-state index in [4.69, 9.17) is 0 Å². The Hall–Kier alpha value is -0.0400. The Bertz CT molecular complexity index is 110. The third-order valence-electron chi connectivity index (χ3n) is 3.53. The van der Waals surface area contributed by atoms with Crippen LogP contribution in [0.2, 0.25) is 0 Å². The summed E-state index contributed by atoms with van der Waals surface area (Å²) in [4.78, 5) is 0. The maximum absolute atomic E-state index is 2.50. The van der Waals surface area contributed by atoms with Crippen LogP contribution in [-0.2, 0) is 0 Å². The fourth-order valence-electron chi connectivity index (χ4n) is 2.82.